The fourth-order valence-corrected chi connectivity index (χ4v) is 2.82. The first-order valence-corrected chi connectivity index (χ1v) is 9.16. The van der Waals surface area contributed by atoms with Crippen LogP contribution in [0.2, 0.25) is 0 Å². The molecule has 3 aromatic rings. The van der Waals surface area contributed by atoms with E-state index in [1.807, 2.05) is 62.4 Å². The molecule has 0 radical (unpaired) electrons. The predicted octanol–water partition coefficient (Wildman–Crippen LogP) is 4.42. The van der Waals surface area contributed by atoms with Crippen molar-refractivity contribution in [2.45, 2.75) is 26.9 Å². The maximum absolute atomic E-state index is 12.2. The van der Waals surface area contributed by atoms with Crippen LogP contribution in [0.25, 0.3) is 10.8 Å². The molecule has 0 unspecified atom stereocenters. The Morgan fingerprint density at radius 3 is 2.59 bits per heavy atom. The first-order chi connectivity index (χ1) is 13.0. The Morgan fingerprint density at radius 1 is 1.00 bits per heavy atom. The van der Waals surface area contributed by atoms with Gasteiger partial charge in [0.1, 0.15) is 18.1 Å². The van der Waals surface area contributed by atoms with Gasteiger partial charge in [0, 0.05) is 0 Å². The van der Waals surface area contributed by atoms with Crippen molar-refractivity contribution in [3.05, 3.63) is 71.8 Å². The Bertz CT molecular complexity index is 936. The second-order valence-electron chi connectivity index (χ2n) is 6.68. The average Bonchev–Trinajstić information content (AvgIpc) is 2.67. The molecule has 3 aromatic carbocycles. The van der Waals surface area contributed by atoms with Gasteiger partial charge in [-0.15, -0.1) is 0 Å². The van der Waals surface area contributed by atoms with Crippen molar-refractivity contribution < 1.29 is 14.3 Å². The van der Waals surface area contributed by atoms with Crippen molar-refractivity contribution in [1.82, 2.24) is 5.32 Å². The van der Waals surface area contributed by atoms with Crippen LogP contribution in [0.1, 0.15) is 18.1 Å². The van der Waals surface area contributed by atoms with Gasteiger partial charge in [0.15, 0.2) is 6.10 Å². The first kappa shape index (κ1) is 18.8. The van der Waals surface area contributed by atoms with Gasteiger partial charge in [-0.05, 0) is 60.9 Å². The Kier molecular flexibility index (Phi) is 5.97. The maximum Gasteiger partial charge on any atom is 0.260 e. The molecule has 0 aliphatic heterocycles. The molecular formula is C23H25NO3. The lowest BCUT2D eigenvalue weighted by molar-refractivity contribution is -0.127. The molecule has 4 heteroatoms. The highest BCUT2D eigenvalue weighted by Crippen LogP contribution is 2.21. The van der Waals surface area contributed by atoms with E-state index in [0.29, 0.717) is 13.2 Å². The van der Waals surface area contributed by atoms with Crippen molar-refractivity contribution in [2.75, 3.05) is 13.2 Å². The summed E-state index contributed by atoms with van der Waals surface area (Å²) in [6, 6.07) is 20.1. The van der Waals surface area contributed by atoms with Gasteiger partial charge >= 0.3 is 0 Å². The average molecular weight is 363 g/mol. The minimum absolute atomic E-state index is 0.155. The van der Waals surface area contributed by atoms with Crippen molar-refractivity contribution in [1.29, 1.82) is 0 Å². The second kappa shape index (κ2) is 8.58. The number of hydrogen-bond acceptors (Lipinski definition) is 3. The van der Waals surface area contributed by atoms with E-state index in [2.05, 4.69) is 17.4 Å². The number of carbonyl (C=O) groups excluding carboxylic acids is 1. The molecule has 0 fully saturated rings. The number of carbonyl (C=O) groups is 1. The topological polar surface area (TPSA) is 47.6 Å². The standard InChI is InChI=1S/C23H25NO3/c1-16-8-9-17(2)22(14-16)27-18(3)23(25)24-12-13-26-21-11-10-19-6-4-5-7-20(19)15-21/h4-11,14-15,18H,12-13H2,1-3H3,(H,24,25)/t18-/m1/s1. The zero-order valence-corrected chi connectivity index (χ0v) is 16.0. The van der Waals surface area contributed by atoms with Gasteiger partial charge in [-0.1, -0.05) is 42.5 Å². The van der Waals surface area contributed by atoms with Crippen LogP contribution in [-0.2, 0) is 4.79 Å². The van der Waals surface area contributed by atoms with Crippen molar-refractivity contribution in [2.24, 2.45) is 0 Å². The Balaban J connectivity index is 1.46. The van der Waals surface area contributed by atoms with Gasteiger partial charge in [-0.2, -0.15) is 0 Å². The molecule has 4 nitrogen and oxygen atoms in total. The summed E-state index contributed by atoms with van der Waals surface area (Å²) < 4.78 is 11.5. The highest BCUT2D eigenvalue weighted by Gasteiger charge is 2.15. The maximum atomic E-state index is 12.2. The second-order valence-corrected chi connectivity index (χ2v) is 6.68. The van der Waals surface area contributed by atoms with E-state index < -0.39 is 6.10 Å². The lowest BCUT2D eigenvalue weighted by Gasteiger charge is -2.17. The van der Waals surface area contributed by atoms with Crippen LogP contribution in [0.4, 0.5) is 0 Å². The van der Waals surface area contributed by atoms with Gasteiger partial charge in [-0.3, -0.25) is 4.79 Å². The fourth-order valence-electron chi connectivity index (χ4n) is 2.82. The monoisotopic (exact) mass is 363 g/mol. The van der Waals surface area contributed by atoms with Crippen LogP contribution in [0.5, 0.6) is 11.5 Å². The third-order valence-electron chi connectivity index (χ3n) is 4.41. The summed E-state index contributed by atoms with van der Waals surface area (Å²) in [5.41, 5.74) is 2.12. The summed E-state index contributed by atoms with van der Waals surface area (Å²) in [5.74, 6) is 1.38. The molecule has 1 N–H and O–H groups in total. The quantitative estimate of drug-likeness (QED) is 0.632. The lowest BCUT2D eigenvalue weighted by atomic mass is 10.1. The highest BCUT2D eigenvalue weighted by atomic mass is 16.5. The van der Waals surface area contributed by atoms with E-state index in [1.165, 1.54) is 5.39 Å². The molecule has 0 aromatic heterocycles. The minimum Gasteiger partial charge on any atom is -0.492 e. The summed E-state index contributed by atoms with van der Waals surface area (Å²) >= 11 is 0. The van der Waals surface area contributed by atoms with Gasteiger partial charge in [0.2, 0.25) is 0 Å². The van der Waals surface area contributed by atoms with E-state index in [1.54, 1.807) is 6.92 Å². The lowest BCUT2D eigenvalue weighted by Crippen LogP contribution is -2.38. The van der Waals surface area contributed by atoms with E-state index in [-0.39, 0.29) is 5.91 Å². The predicted molar refractivity (Wildman–Crippen MR) is 108 cm³/mol. The first-order valence-electron chi connectivity index (χ1n) is 9.16. The number of ether oxygens (including phenoxy) is 2. The molecule has 1 atom stereocenters. The van der Waals surface area contributed by atoms with Gasteiger partial charge < -0.3 is 14.8 Å². The van der Waals surface area contributed by atoms with E-state index in [9.17, 15) is 4.79 Å². The van der Waals surface area contributed by atoms with Crippen molar-refractivity contribution >= 4 is 16.7 Å². The summed E-state index contributed by atoms with van der Waals surface area (Å²) in [6.45, 7) is 6.55. The molecule has 0 aliphatic rings. The molecule has 0 aliphatic carbocycles. The van der Waals surface area contributed by atoms with Crippen LogP contribution in [0.3, 0.4) is 0 Å². The van der Waals surface area contributed by atoms with E-state index >= 15 is 0 Å². The molecule has 27 heavy (non-hydrogen) atoms. The molecule has 140 valence electrons. The van der Waals surface area contributed by atoms with Crippen LogP contribution >= 0.6 is 0 Å². The molecular weight excluding hydrogens is 338 g/mol. The normalized spacial score (nSPS) is 11.8. The van der Waals surface area contributed by atoms with Crippen LogP contribution in [-0.4, -0.2) is 25.2 Å². The number of nitrogens with one attached hydrogen (secondary N) is 1. The van der Waals surface area contributed by atoms with Crippen LogP contribution in [0, 0.1) is 13.8 Å². The van der Waals surface area contributed by atoms with Crippen LogP contribution < -0.4 is 14.8 Å². The smallest absolute Gasteiger partial charge is 0.260 e. The van der Waals surface area contributed by atoms with Gasteiger partial charge in [0.05, 0.1) is 6.54 Å². The molecule has 0 saturated carbocycles. The number of benzene rings is 3. The van der Waals surface area contributed by atoms with Crippen molar-refractivity contribution in [3.63, 3.8) is 0 Å². The van der Waals surface area contributed by atoms with Gasteiger partial charge in [0.25, 0.3) is 5.91 Å². The summed E-state index contributed by atoms with van der Waals surface area (Å²) in [5, 5.41) is 5.17. The Hall–Kier alpha value is -3.01. The van der Waals surface area contributed by atoms with Crippen LogP contribution in [0.15, 0.2) is 60.7 Å². The molecule has 3 rings (SSSR count). The molecule has 0 bridgehead atoms. The Morgan fingerprint density at radius 2 is 1.78 bits per heavy atom. The van der Waals surface area contributed by atoms with Gasteiger partial charge in [-0.25, -0.2) is 0 Å². The number of aryl methyl sites for hydroxylation is 2. The molecule has 0 saturated heterocycles. The summed E-state index contributed by atoms with van der Waals surface area (Å²) in [7, 11) is 0. The molecule has 0 heterocycles. The molecule has 0 spiro atoms. The number of rotatable bonds is 7. The number of hydrogen-bond donors (Lipinski definition) is 1. The third-order valence-corrected chi connectivity index (χ3v) is 4.41. The number of fused-ring (bicyclic) bond motifs is 1. The van der Waals surface area contributed by atoms with E-state index in [0.717, 1.165) is 28.0 Å². The number of amides is 1. The summed E-state index contributed by atoms with van der Waals surface area (Å²) in [6.07, 6.45) is -0.564. The molecule has 1 amide bonds. The Labute approximate surface area is 160 Å². The minimum atomic E-state index is -0.564. The largest absolute Gasteiger partial charge is 0.492 e. The fraction of sp³-hybridized carbons (Fsp3) is 0.261. The van der Waals surface area contributed by atoms with E-state index in [4.69, 9.17) is 9.47 Å². The van der Waals surface area contributed by atoms with Crippen molar-refractivity contribution in [3.8, 4) is 11.5 Å². The zero-order valence-electron chi connectivity index (χ0n) is 16.0. The highest BCUT2D eigenvalue weighted by molar-refractivity contribution is 5.83. The SMILES string of the molecule is Cc1ccc(C)c(O[C@H](C)C(=O)NCCOc2ccc3ccccc3c2)c1. The zero-order chi connectivity index (χ0) is 19.2. The third kappa shape index (κ3) is 5.00. The summed E-state index contributed by atoms with van der Waals surface area (Å²) in [4.78, 5) is 12.2.